The van der Waals surface area contributed by atoms with Crippen LogP contribution >= 0.6 is 0 Å². The molecule has 0 radical (unpaired) electrons. The summed E-state index contributed by atoms with van der Waals surface area (Å²) in [6.45, 7) is 1.93. The average Bonchev–Trinajstić information content (AvgIpc) is 2.69. The number of rotatable bonds is 3. The molecule has 0 saturated carbocycles. The van der Waals surface area contributed by atoms with Crippen molar-refractivity contribution >= 4 is 16.9 Å². The van der Waals surface area contributed by atoms with E-state index < -0.39 is 0 Å². The van der Waals surface area contributed by atoms with E-state index in [9.17, 15) is 4.79 Å². The van der Waals surface area contributed by atoms with Crippen LogP contribution in [0.5, 0.6) is 0 Å². The first-order chi connectivity index (χ1) is 7.79. The van der Waals surface area contributed by atoms with E-state index in [1.165, 1.54) is 6.08 Å². The van der Waals surface area contributed by atoms with E-state index in [0.29, 0.717) is 5.76 Å². The molecular formula is C13H12O3. The number of ether oxygens (including phenoxy) is 1. The lowest BCUT2D eigenvalue weighted by atomic mass is 10.2. The SMILES string of the molecule is C/C=C/C(=O)OCc1cc2ccccc2o1. The number of hydrogen-bond donors (Lipinski definition) is 0. The summed E-state index contributed by atoms with van der Waals surface area (Å²) >= 11 is 0. The topological polar surface area (TPSA) is 39.4 Å². The molecular weight excluding hydrogens is 204 g/mol. The highest BCUT2D eigenvalue weighted by Crippen LogP contribution is 2.19. The van der Waals surface area contributed by atoms with Crippen molar-refractivity contribution < 1.29 is 13.9 Å². The second kappa shape index (κ2) is 4.66. The first-order valence-corrected chi connectivity index (χ1v) is 5.06. The predicted octanol–water partition coefficient (Wildman–Crippen LogP) is 3.05. The number of furan rings is 1. The van der Waals surface area contributed by atoms with E-state index in [1.807, 2.05) is 30.3 Å². The summed E-state index contributed by atoms with van der Waals surface area (Å²) in [4.78, 5) is 11.1. The van der Waals surface area contributed by atoms with Crippen LogP contribution in [0.2, 0.25) is 0 Å². The Bertz CT molecular complexity index is 490. The Morgan fingerprint density at radius 2 is 2.25 bits per heavy atom. The van der Waals surface area contributed by atoms with Gasteiger partial charge in [-0.1, -0.05) is 24.3 Å². The Morgan fingerprint density at radius 1 is 1.44 bits per heavy atom. The summed E-state index contributed by atoms with van der Waals surface area (Å²) in [7, 11) is 0. The van der Waals surface area contributed by atoms with Crippen molar-refractivity contribution in [3.63, 3.8) is 0 Å². The van der Waals surface area contributed by atoms with Gasteiger partial charge in [0.25, 0.3) is 0 Å². The van der Waals surface area contributed by atoms with Crippen LogP contribution in [-0.2, 0) is 16.1 Å². The molecule has 0 aliphatic carbocycles. The summed E-state index contributed by atoms with van der Waals surface area (Å²) in [6, 6.07) is 9.55. The summed E-state index contributed by atoms with van der Waals surface area (Å²) in [5.41, 5.74) is 0.805. The highest BCUT2D eigenvalue weighted by molar-refractivity contribution is 5.82. The lowest BCUT2D eigenvalue weighted by molar-refractivity contribution is -0.139. The van der Waals surface area contributed by atoms with Crippen molar-refractivity contribution in [1.29, 1.82) is 0 Å². The first kappa shape index (κ1) is 10.5. The monoisotopic (exact) mass is 216 g/mol. The number of fused-ring (bicyclic) bond motifs is 1. The molecule has 0 bridgehead atoms. The molecule has 1 heterocycles. The highest BCUT2D eigenvalue weighted by Gasteiger charge is 2.04. The van der Waals surface area contributed by atoms with E-state index in [2.05, 4.69) is 0 Å². The third kappa shape index (κ3) is 2.31. The van der Waals surface area contributed by atoms with Crippen molar-refractivity contribution in [2.45, 2.75) is 13.5 Å². The number of carbonyl (C=O) groups is 1. The fraction of sp³-hybridized carbons (Fsp3) is 0.154. The predicted molar refractivity (Wildman–Crippen MR) is 60.8 cm³/mol. The fourth-order valence-corrected chi connectivity index (χ4v) is 1.43. The molecule has 0 spiro atoms. The van der Waals surface area contributed by atoms with Gasteiger partial charge in [0.2, 0.25) is 0 Å². The zero-order valence-corrected chi connectivity index (χ0v) is 8.97. The lowest BCUT2D eigenvalue weighted by Crippen LogP contribution is -1.99. The highest BCUT2D eigenvalue weighted by atomic mass is 16.5. The van der Waals surface area contributed by atoms with E-state index in [4.69, 9.17) is 9.15 Å². The molecule has 1 aromatic heterocycles. The molecule has 0 aliphatic rings. The minimum absolute atomic E-state index is 0.165. The molecule has 3 heteroatoms. The lowest BCUT2D eigenvalue weighted by Gasteiger charge is -1.97. The second-order valence-electron chi connectivity index (χ2n) is 3.36. The van der Waals surface area contributed by atoms with Crippen molar-refractivity contribution in [3.8, 4) is 0 Å². The van der Waals surface area contributed by atoms with Gasteiger partial charge >= 0.3 is 5.97 Å². The van der Waals surface area contributed by atoms with E-state index in [-0.39, 0.29) is 12.6 Å². The van der Waals surface area contributed by atoms with Gasteiger partial charge < -0.3 is 9.15 Å². The minimum atomic E-state index is -0.358. The maximum Gasteiger partial charge on any atom is 0.330 e. The molecule has 0 aliphatic heterocycles. The van der Waals surface area contributed by atoms with Crippen LogP contribution in [0, 0.1) is 0 Å². The Hall–Kier alpha value is -2.03. The number of carbonyl (C=O) groups excluding carboxylic acids is 1. The maximum absolute atomic E-state index is 11.1. The van der Waals surface area contributed by atoms with Crippen LogP contribution < -0.4 is 0 Å². The zero-order chi connectivity index (χ0) is 11.4. The van der Waals surface area contributed by atoms with E-state index in [1.54, 1.807) is 13.0 Å². The van der Waals surface area contributed by atoms with Gasteiger partial charge in [-0.25, -0.2) is 4.79 Å². The molecule has 2 aromatic rings. The molecule has 16 heavy (non-hydrogen) atoms. The molecule has 1 aromatic carbocycles. The Kier molecular flexibility index (Phi) is 3.05. The van der Waals surface area contributed by atoms with Crippen LogP contribution in [0.1, 0.15) is 12.7 Å². The fourth-order valence-electron chi connectivity index (χ4n) is 1.43. The smallest absolute Gasteiger partial charge is 0.330 e. The number of benzene rings is 1. The number of esters is 1. The average molecular weight is 216 g/mol. The van der Waals surface area contributed by atoms with Crippen molar-refractivity contribution in [3.05, 3.63) is 48.2 Å². The van der Waals surface area contributed by atoms with Crippen molar-refractivity contribution in [2.75, 3.05) is 0 Å². The van der Waals surface area contributed by atoms with Gasteiger partial charge in [0, 0.05) is 11.5 Å². The van der Waals surface area contributed by atoms with Gasteiger partial charge in [0.1, 0.15) is 18.0 Å². The number of allylic oxidation sites excluding steroid dienone is 1. The molecule has 0 atom stereocenters. The standard InChI is InChI=1S/C13H12O3/c1-2-5-13(14)15-9-11-8-10-6-3-4-7-12(10)16-11/h2-8H,9H2,1H3/b5-2+. The van der Waals surface area contributed by atoms with Crippen molar-refractivity contribution in [2.24, 2.45) is 0 Å². The molecule has 0 fully saturated rings. The summed E-state index contributed by atoms with van der Waals surface area (Å²) < 4.78 is 10.5. The normalized spacial score (nSPS) is 11.1. The number of hydrogen-bond acceptors (Lipinski definition) is 3. The molecule has 82 valence electrons. The molecule has 0 unspecified atom stereocenters. The number of para-hydroxylation sites is 1. The van der Waals surface area contributed by atoms with Crippen LogP contribution in [0.3, 0.4) is 0 Å². The minimum Gasteiger partial charge on any atom is -0.457 e. The molecule has 2 rings (SSSR count). The van der Waals surface area contributed by atoms with E-state index >= 15 is 0 Å². The maximum atomic E-state index is 11.1. The van der Waals surface area contributed by atoms with Crippen LogP contribution in [0.15, 0.2) is 46.9 Å². The third-order valence-electron chi connectivity index (χ3n) is 2.14. The van der Waals surface area contributed by atoms with Crippen molar-refractivity contribution in [1.82, 2.24) is 0 Å². The van der Waals surface area contributed by atoms with Gasteiger partial charge in [-0.2, -0.15) is 0 Å². The van der Waals surface area contributed by atoms with Crippen LogP contribution in [0.25, 0.3) is 11.0 Å². The Morgan fingerprint density at radius 3 is 3.00 bits per heavy atom. The molecule has 0 amide bonds. The van der Waals surface area contributed by atoms with E-state index in [0.717, 1.165) is 11.0 Å². The zero-order valence-electron chi connectivity index (χ0n) is 8.97. The Labute approximate surface area is 93.3 Å². The summed E-state index contributed by atoms with van der Waals surface area (Å²) in [5.74, 6) is 0.294. The van der Waals surface area contributed by atoms with Crippen LogP contribution in [0.4, 0.5) is 0 Å². The van der Waals surface area contributed by atoms with Gasteiger partial charge in [-0.15, -0.1) is 0 Å². The van der Waals surface area contributed by atoms with Gasteiger partial charge in [0.15, 0.2) is 0 Å². The van der Waals surface area contributed by atoms with Gasteiger partial charge in [-0.3, -0.25) is 0 Å². The van der Waals surface area contributed by atoms with Gasteiger partial charge in [0.05, 0.1) is 0 Å². The first-order valence-electron chi connectivity index (χ1n) is 5.06. The summed E-state index contributed by atoms with van der Waals surface area (Å²) in [5, 5.41) is 1.01. The summed E-state index contributed by atoms with van der Waals surface area (Å²) in [6.07, 6.45) is 3.02. The van der Waals surface area contributed by atoms with Crippen LogP contribution in [-0.4, -0.2) is 5.97 Å². The third-order valence-corrected chi connectivity index (χ3v) is 2.14. The Balaban J connectivity index is 2.07. The molecule has 0 saturated heterocycles. The molecule has 3 nitrogen and oxygen atoms in total. The quantitative estimate of drug-likeness (QED) is 0.584. The second-order valence-corrected chi connectivity index (χ2v) is 3.36. The van der Waals surface area contributed by atoms with Gasteiger partial charge in [-0.05, 0) is 19.1 Å². The molecule has 0 N–H and O–H groups in total. The largest absolute Gasteiger partial charge is 0.457 e.